The van der Waals surface area contributed by atoms with E-state index < -0.39 is 0 Å². The molecule has 0 radical (unpaired) electrons. The van der Waals surface area contributed by atoms with Crippen LogP contribution in [0.1, 0.15) is 46.5 Å². The predicted octanol–water partition coefficient (Wildman–Crippen LogP) is 2.44. The number of carbonyl (C=O) groups is 1. The summed E-state index contributed by atoms with van der Waals surface area (Å²) in [6, 6.07) is 0. The van der Waals surface area contributed by atoms with E-state index in [2.05, 4.69) is 20.8 Å². The zero-order valence-corrected chi connectivity index (χ0v) is 9.10. The van der Waals surface area contributed by atoms with E-state index in [1.165, 1.54) is 12.8 Å². The summed E-state index contributed by atoms with van der Waals surface area (Å²) in [5.74, 6) is 0.354. The van der Waals surface area contributed by atoms with Crippen LogP contribution in [0.15, 0.2) is 0 Å². The van der Waals surface area contributed by atoms with Crippen molar-refractivity contribution in [2.24, 2.45) is 5.41 Å². The summed E-state index contributed by atoms with van der Waals surface area (Å²) in [6.45, 7) is 8.53. The monoisotopic (exact) mass is 183 g/mol. The molecule has 1 saturated heterocycles. The maximum Gasteiger partial charge on any atom is 0.222 e. The summed E-state index contributed by atoms with van der Waals surface area (Å²) >= 11 is 0. The Morgan fingerprint density at radius 1 is 1.23 bits per heavy atom. The number of likely N-dealkylation sites (tertiary alicyclic amines) is 1. The lowest BCUT2D eigenvalue weighted by molar-refractivity contribution is -0.130. The van der Waals surface area contributed by atoms with Crippen molar-refractivity contribution < 1.29 is 4.79 Å². The van der Waals surface area contributed by atoms with Gasteiger partial charge in [-0.2, -0.15) is 0 Å². The molecule has 76 valence electrons. The number of hydrogen-bond donors (Lipinski definition) is 0. The number of nitrogens with zero attached hydrogens (tertiary/aromatic N) is 1. The van der Waals surface area contributed by atoms with Crippen molar-refractivity contribution >= 4 is 5.91 Å². The molecule has 2 nitrogen and oxygen atoms in total. The molecule has 2 heteroatoms. The Kier molecular flexibility index (Phi) is 3.34. The molecule has 0 aromatic carbocycles. The fraction of sp³-hybridized carbons (Fsp3) is 0.909. The third-order valence-corrected chi connectivity index (χ3v) is 2.55. The van der Waals surface area contributed by atoms with Crippen LogP contribution in [0, 0.1) is 5.41 Å². The highest BCUT2D eigenvalue weighted by atomic mass is 16.2. The Morgan fingerprint density at radius 3 is 2.23 bits per heavy atom. The zero-order chi connectivity index (χ0) is 9.90. The minimum Gasteiger partial charge on any atom is -0.343 e. The van der Waals surface area contributed by atoms with Crippen LogP contribution in [0.4, 0.5) is 0 Å². The van der Waals surface area contributed by atoms with Gasteiger partial charge in [-0.25, -0.2) is 0 Å². The zero-order valence-electron chi connectivity index (χ0n) is 9.10. The molecule has 0 aromatic heterocycles. The molecule has 0 N–H and O–H groups in total. The Hall–Kier alpha value is -0.530. The van der Waals surface area contributed by atoms with Crippen LogP contribution in [0.2, 0.25) is 0 Å². The first-order valence-electron chi connectivity index (χ1n) is 5.27. The lowest BCUT2D eigenvalue weighted by atomic mass is 9.90. The molecule has 0 aliphatic carbocycles. The second-order valence-corrected chi connectivity index (χ2v) is 5.15. The molecule has 0 atom stereocenters. The largest absolute Gasteiger partial charge is 0.343 e. The molecule has 0 spiro atoms. The van der Waals surface area contributed by atoms with Crippen molar-refractivity contribution in [2.75, 3.05) is 13.1 Å². The van der Waals surface area contributed by atoms with Gasteiger partial charge in [0.05, 0.1) is 0 Å². The quantitative estimate of drug-likeness (QED) is 0.644. The van der Waals surface area contributed by atoms with Gasteiger partial charge < -0.3 is 4.90 Å². The van der Waals surface area contributed by atoms with E-state index in [0.29, 0.717) is 5.91 Å². The van der Waals surface area contributed by atoms with Gasteiger partial charge >= 0.3 is 0 Å². The number of carbonyl (C=O) groups excluding carboxylic acids is 1. The average Bonchev–Trinajstić information content (AvgIpc) is 2.50. The first-order valence-corrected chi connectivity index (χ1v) is 5.27. The van der Waals surface area contributed by atoms with Gasteiger partial charge in [0.15, 0.2) is 0 Å². The number of hydrogen-bond acceptors (Lipinski definition) is 1. The van der Waals surface area contributed by atoms with Gasteiger partial charge in [-0.3, -0.25) is 4.79 Å². The first-order chi connectivity index (χ1) is 5.99. The van der Waals surface area contributed by atoms with Crippen LogP contribution in [-0.4, -0.2) is 23.9 Å². The van der Waals surface area contributed by atoms with Gasteiger partial charge in [0, 0.05) is 19.5 Å². The van der Waals surface area contributed by atoms with Crippen LogP contribution in [-0.2, 0) is 4.79 Å². The fourth-order valence-electron chi connectivity index (χ4n) is 1.61. The number of amides is 1. The predicted molar refractivity (Wildman–Crippen MR) is 54.5 cm³/mol. The van der Waals surface area contributed by atoms with Crippen LogP contribution in [0.5, 0.6) is 0 Å². The second kappa shape index (κ2) is 4.12. The summed E-state index contributed by atoms with van der Waals surface area (Å²) in [7, 11) is 0. The summed E-state index contributed by atoms with van der Waals surface area (Å²) in [5.41, 5.74) is 0.287. The van der Waals surface area contributed by atoms with Crippen LogP contribution in [0.25, 0.3) is 0 Å². The molecule has 0 bridgehead atoms. The smallest absolute Gasteiger partial charge is 0.222 e. The van der Waals surface area contributed by atoms with Gasteiger partial charge in [0.1, 0.15) is 0 Å². The minimum absolute atomic E-state index is 0.287. The Labute approximate surface area is 81.3 Å². The lowest BCUT2D eigenvalue weighted by Gasteiger charge is -2.20. The molecule has 0 aromatic rings. The van der Waals surface area contributed by atoms with Gasteiger partial charge in [0.25, 0.3) is 0 Å². The summed E-state index contributed by atoms with van der Waals surface area (Å²) in [5, 5.41) is 0. The molecule has 0 saturated carbocycles. The SMILES string of the molecule is CC(C)(C)CCC(=O)N1CCCC1. The second-order valence-electron chi connectivity index (χ2n) is 5.15. The molecule has 1 heterocycles. The third kappa shape index (κ3) is 3.79. The van der Waals surface area contributed by atoms with Gasteiger partial charge in [-0.05, 0) is 24.7 Å². The van der Waals surface area contributed by atoms with Crippen molar-refractivity contribution in [3.05, 3.63) is 0 Å². The van der Waals surface area contributed by atoms with Crippen molar-refractivity contribution in [2.45, 2.75) is 46.5 Å². The molecule has 1 aliphatic rings. The van der Waals surface area contributed by atoms with Gasteiger partial charge in [0.2, 0.25) is 5.91 Å². The van der Waals surface area contributed by atoms with Crippen molar-refractivity contribution in [1.82, 2.24) is 4.90 Å². The van der Waals surface area contributed by atoms with E-state index in [4.69, 9.17) is 0 Å². The van der Waals surface area contributed by atoms with Crippen LogP contribution >= 0.6 is 0 Å². The molecule has 1 fully saturated rings. The van der Waals surface area contributed by atoms with Crippen molar-refractivity contribution in [1.29, 1.82) is 0 Å². The minimum atomic E-state index is 0.287. The molecule has 13 heavy (non-hydrogen) atoms. The molecule has 1 aliphatic heterocycles. The highest BCUT2D eigenvalue weighted by molar-refractivity contribution is 5.76. The molecular formula is C11H21NO. The molecular weight excluding hydrogens is 162 g/mol. The molecule has 0 unspecified atom stereocenters. The van der Waals surface area contributed by atoms with Gasteiger partial charge in [-0.1, -0.05) is 20.8 Å². The van der Waals surface area contributed by atoms with E-state index in [9.17, 15) is 4.79 Å². The standard InChI is InChI=1S/C11H21NO/c1-11(2,3)7-6-10(13)12-8-4-5-9-12/h4-9H2,1-3H3. The Balaban J connectivity index is 2.25. The molecule has 1 amide bonds. The van der Waals surface area contributed by atoms with E-state index in [-0.39, 0.29) is 5.41 Å². The topological polar surface area (TPSA) is 20.3 Å². The highest BCUT2D eigenvalue weighted by Gasteiger charge is 2.19. The summed E-state index contributed by atoms with van der Waals surface area (Å²) in [4.78, 5) is 13.6. The normalized spacial score (nSPS) is 17.9. The van der Waals surface area contributed by atoms with E-state index in [1.807, 2.05) is 4.90 Å². The Morgan fingerprint density at radius 2 is 1.77 bits per heavy atom. The van der Waals surface area contributed by atoms with E-state index >= 15 is 0 Å². The molecule has 1 rings (SSSR count). The van der Waals surface area contributed by atoms with Crippen molar-refractivity contribution in [3.63, 3.8) is 0 Å². The maximum atomic E-state index is 11.6. The van der Waals surface area contributed by atoms with Crippen LogP contribution < -0.4 is 0 Å². The Bertz CT molecular complexity index is 175. The maximum absolute atomic E-state index is 11.6. The highest BCUT2D eigenvalue weighted by Crippen LogP contribution is 2.21. The lowest BCUT2D eigenvalue weighted by Crippen LogP contribution is -2.28. The summed E-state index contributed by atoms with van der Waals surface area (Å²) < 4.78 is 0. The first kappa shape index (κ1) is 10.6. The van der Waals surface area contributed by atoms with E-state index in [0.717, 1.165) is 25.9 Å². The van der Waals surface area contributed by atoms with Crippen LogP contribution in [0.3, 0.4) is 0 Å². The van der Waals surface area contributed by atoms with E-state index in [1.54, 1.807) is 0 Å². The average molecular weight is 183 g/mol. The summed E-state index contributed by atoms with van der Waals surface area (Å²) in [6.07, 6.45) is 4.12. The number of rotatable bonds is 2. The third-order valence-electron chi connectivity index (χ3n) is 2.55. The van der Waals surface area contributed by atoms with Gasteiger partial charge in [-0.15, -0.1) is 0 Å². The fourth-order valence-corrected chi connectivity index (χ4v) is 1.61. The van der Waals surface area contributed by atoms with Crippen molar-refractivity contribution in [3.8, 4) is 0 Å².